The highest BCUT2D eigenvalue weighted by molar-refractivity contribution is 7.82. The van der Waals surface area contributed by atoms with Gasteiger partial charge in [0.15, 0.2) is 0 Å². The van der Waals surface area contributed by atoms with Crippen molar-refractivity contribution in [2.24, 2.45) is 0 Å². The average molecular weight is 369 g/mol. The number of hydrogen-bond acceptors (Lipinski definition) is 5. The monoisotopic (exact) mass is 369 g/mol. The summed E-state index contributed by atoms with van der Waals surface area (Å²) < 4.78 is 4.38. The number of rotatable bonds is 6. The summed E-state index contributed by atoms with van der Waals surface area (Å²) in [6.45, 7) is 1.68. The van der Waals surface area contributed by atoms with Gasteiger partial charge in [-0.1, -0.05) is 48.5 Å². The molecule has 0 saturated heterocycles. The summed E-state index contributed by atoms with van der Waals surface area (Å²) in [5, 5.41) is 23.1. The Labute approximate surface area is 157 Å². The Morgan fingerprint density at radius 2 is 1.85 bits per heavy atom. The molecule has 3 aromatic rings. The second-order valence-corrected chi connectivity index (χ2v) is 7.29. The molecule has 26 heavy (non-hydrogen) atoms. The molecule has 7 heteroatoms. The third-order valence-electron chi connectivity index (χ3n) is 4.46. The van der Waals surface area contributed by atoms with Gasteiger partial charge in [0.2, 0.25) is 5.91 Å². The fourth-order valence-electron chi connectivity index (χ4n) is 2.86. The number of benzene rings is 2. The van der Waals surface area contributed by atoms with E-state index in [4.69, 9.17) is 4.42 Å². The maximum absolute atomic E-state index is 12.7. The van der Waals surface area contributed by atoms with Crippen molar-refractivity contribution in [1.29, 1.82) is 0 Å². The van der Waals surface area contributed by atoms with Crippen LogP contribution in [0.2, 0.25) is 0 Å². The lowest BCUT2D eigenvalue weighted by Gasteiger charge is -2.26. The first kappa shape index (κ1) is 18.6. The normalized spacial score (nSPS) is 14.6. The van der Waals surface area contributed by atoms with E-state index in [1.165, 1.54) is 0 Å². The number of thiol groups is 1. The molecule has 0 aliphatic carbocycles. The van der Waals surface area contributed by atoms with Gasteiger partial charge in [0.1, 0.15) is 10.3 Å². The first-order chi connectivity index (χ1) is 12.4. The summed E-state index contributed by atoms with van der Waals surface area (Å²) in [5.74, 6) is -1.29. The number of fused-ring (bicyclic) bond motifs is 1. The lowest BCUT2D eigenvalue weighted by molar-refractivity contribution is -0.123. The third kappa shape index (κ3) is 3.80. The molecule has 0 aliphatic rings. The maximum Gasteiger partial charge on any atom is 0.475 e. The fraction of sp³-hybridized carbons (Fsp3) is 0.211. The molecule has 5 nitrogen and oxygen atoms in total. The molecule has 2 aromatic carbocycles. The minimum atomic E-state index is -1.72. The quantitative estimate of drug-likeness (QED) is 0.397. The zero-order chi connectivity index (χ0) is 18.7. The Bertz CT molecular complexity index is 895. The minimum Gasteiger partial charge on any atom is -0.464 e. The summed E-state index contributed by atoms with van der Waals surface area (Å²) in [6, 6.07) is 16.6. The van der Waals surface area contributed by atoms with Crippen molar-refractivity contribution < 1.29 is 19.3 Å². The molecule has 1 amide bonds. The van der Waals surface area contributed by atoms with Crippen LogP contribution in [0.4, 0.5) is 0 Å². The Kier molecular flexibility index (Phi) is 5.41. The van der Waals surface area contributed by atoms with Crippen LogP contribution in [-0.2, 0) is 16.0 Å². The Balaban J connectivity index is 1.79. The van der Waals surface area contributed by atoms with E-state index in [1.807, 2.05) is 42.5 Å². The van der Waals surface area contributed by atoms with E-state index in [0.29, 0.717) is 5.58 Å². The van der Waals surface area contributed by atoms with Crippen molar-refractivity contribution >= 4 is 36.6 Å². The van der Waals surface area contributed by atoms with Crippen molar-refractivity contribution in [3.63, 3.8) is 0 Å². The van der Waals surface area contributed by atoms with Gasteiger partial charge in [0, 0.05) is 5.39 Å². The van der Waals surface area contributed by atoms with Crippen LogP contribution in [0.25, 0.3) is 11.0 Å². The molecule has 134 valence electrons. The summed E-state index contributed by atoms with van der Waals surface area (Å²) in [6.07, 6.45) is 1.79. The van der Waals surface area contributed by atoms with E-state index in [2.05, 4.69) is 17.9 Å². The molecule has 3 N–H and O–H groups in total. The Hall–Kier alpha value is -2.22. The molecule has 0 saturated carbocycles. The van der Waals surface area contributed by atoms with Gasteiger partial charge in [-0.05, 0) is 30.5 Å². The zero-order valence-corrected chi connectivity index (χ0v) is 15.2. The van der Waals surface area contributed by atoms with Crippen LogP contribution < -0.4 is 5.32 Å². The van der Waals surface area contributed by atoms with Gasteiger partial charge in [0.05, 0.1) is 12.2 Å². The van der Waals surface area contributed by atoms with E-state index in [-0.39, 0.29) is 6.42 Å². The van der Waals surface area contributed by atoms with Gasteiger partial charge < -0.3 is 19.8 Å². The predicted octanol–water partition coefficient (Wildman–Crippen LogP) is 2.32. The average Bonchev–Trinajstić information content (AvgIpc) is 3.04. The minimum absolute atomic E-state index is 0.221. The topological polar surface area (TPSA) is 82.7 Å². The van der Waals surface area contributed by atoms with Crippen molar-refractivity contribution in [3.8, 4) is 0 Å². The lowest BCUT2D eigenvalue weighted by Crippen LogP contribution is -2.52. The van der Waals surface area contributed by atoms with Gasteiger partial charge in [0.25, 0.3) is 0 Å². The molecule has 0 bridgehead atoms. The summed E-state index contributed by atoms with van der Waals surface area (Å²) in [4.78, 5) is 12.7. The van der Waals surface area contributed by atoms with E-state index in [0.717, 1.165) is 16.5 Å². The highest BCUT2D eigenvalue weighted by Crippen LogP contribution is 2.28. The smallest absolute Gasteiger partial charge is 0.464 e. The van der Waals surface area contributed by atoms with Crippen molar-refractivity contribution in [2.45, 2.75) is 24.0 Å². The van der Waals surface area contributed by atoms with Crippen LogP contribution in [-0.4, -0.2) is 29.0 Å². The number of hydrogen-bond donors (Lipinski definition) is 4. The summed E-state index contributed by atoms with van der Waals surface area (Å²) >= 11 is 4.49. The van der Waals surface area contributed by atoms with Gasteiger partial charge >= 0.3 is 7.12 Å². The molecule has 0 spiro atoms. The summed E-state index contributed by atoms with van der Waals surface area (Å²) in [5.41, 5.74) is 2.23. The third-order valence-corrected chi connectivity index (χ3v) is 4.92. The largest absolute Gasteiger partial charge is 0.475 e. The van der Waals surface area contributed by atoms with Crippen LogP contribution in [0.5, 0.6) is 0 Å². The highest BCUT2D eigenvalue weighted by Gasteiger charge is 2.35. The van der Waals surface area contributed by atoms with Crippen molar-refractivity contribution in [1.82, 2.24) is 5.32 Å². The molecular weight excluding hydrogens is 349 g/mol. The molecular formula is C19H20BNO4S. The van der Waals surface area contributed by atoms with Crippen LogP contribution in [0, 0.1) is 0 Å². The van der Waals surface area contributed by atoms with E-state index < -0.39 is 23.7 Å². The zero-order valence-electron chi connectivity index (χ0n) is 14.3. The van der Waals surface area contributed by atoms with E-state index in [1.54, 1.807) is 25.3 Å². The number of amides is 1. The van der Waals surface area contributed by atoms with Gasteiger partial charge in [-0.3, -0.25) is 4.79 Å². The second-order valence-electron chi connectivity index (χ2n) is 6.39. The lowest BCUT2D eigenvalue weighted by atomic mass is 9.75. The van der Waals surface area contributed by atoms with Crippen molar-refractivity contribution in [2.75, 3.05) is 0 Å². The maximum atomic E-state index is 12.7. The Morgan fingerprint density at radius 3 is 2.54 bits per heavy atom. The molecule has 1 aromatic heterocycles. The Morgan fingerprint density at radius 1 is 1.19 bits per heavy atom. The van der Waals surface area contributed by atoms with Gasteiger partial charge in [-0.2, -0.15) is 12.6 Å². The van der Waals surface area contributed by atoms with E-state index >= 15 is 0 Å². The number of furan rings is 1. The summed E-state index contributed by atoms with van der Waals surface area (Å²) in [7, 11) is -1.72. The van der Waals surface area contributed by atoms with Crippen molar-refractivity contribution in [3.05, 3.63) is 72.0 Å². The SMILES string of the molecule is CC(S)(C(=O)NC(Cc1coc2ccccc12)B(O)O)c1ccccc1. The first-order valence-electron chi connectivity index (χ1n) is 8.29. The molecule has 1 heterocycles. The highest BCUT2D eigenvalue weighted by atomic mass is 32.1. The van der Waals surface area contributed by atoms with Crippen LogP contribution in [0.15, 0.2) is 65.3 Å². The van der Waals surface area contributed by atoms with Gasteiger partial charge in [-0.25, -0.2) is 0 Å². The van der Waals surface area contributed by atoms with Crippen LogP contribution in [0.3, 0.4) is 0 Å². The second kappa shape index (κ2) is 7.57. The van der Waals surface area contributed by atoms with E-state index in [9.17, 15) is 14.8 Å². The fourth-order valence-corrected chi connectivity index (χ4v) is 3.08. The number of carbonyl (C=O) groups excluding carboxylic acids is 1. The standard InChI is InChI=1S/C19H20BNO4S/c1-19(26,14-7-3-2-4-8-14)18(22)21-17(20(23)24)11-13-12-25-16-10-6-5-9-15(13)16/h2-10,12,17,23-24,26H,11H2,1H3,(H,21,22). The molecule has 2 atom stereocenters. The molecule has 3 rings (SSSR count). The predicted molar refractivity (Wildman–Crippen MR) is 105 cm³/mol. The van der Waals surface area contributed by atoms with Gasteiger partial charge in [-0.15, -0.1) is 0 Å². The number of carbonyl (C=O) groups is 1. The number of para-hydroxylation sites is 1. The molecule has 0 aliphatic heterocycles. The molecule has 0 radical (unpaired) electrons. The van der Waals surface area contributed by atoms with Crippen LogP contribution >= 0.6 is 12.6 Å². The molecule has 0 fully saturated rings. The number of nitrogens with one attached hydrogen (secondary N) is 1. The van der Waals surface area contributed by atoms with Crippen LogP contribution in [0.1, 0.15) is 18.1 Å². The first-order valence-corrected chi connectivity index (χ1v) is 8.74. The molecule has 2 unspecified atom stereocenters.